The Morgan fingerprint density at radius 2 is 1.90 bits per heavy atom. The third kappa shape index (κ3) is 5.56. The van der Waals surface area contributed by atoms with Crippen molar-refractivity contribution in [1.29, 1.82) is 5.26 Å². The molecular weight excluding hydrogens is 551 g/mol. The predicted octanol–water partition coefficient (Wildman–Crippen LogP) is 5.55. The summed E-state index contributed by atoms with van der Waals surface area (Å²) < 4.78 is 50.4. The summed E-state index contributed by atoms with van der Waals surface area (Å²) in [7, 11) is 0. The van der Waals surface area contributed by atoms with E-state index < -0.39 is 17.7 Å². The van der Waals surface area contributed by atoms with Gasteiger partial charge < -0.3 is 25.1 Å². The lowest BCUT2D eigenvalue weighted by Gasteiger charge is -2.48. The van der Waals surface area contributed by atoms with Crippen molar-refractivity contribution in [3.8, 4) is 22.9 Å². The molecule has 0 aromatic heterocycles. The summed E-state index contributed by atoms with van der Waals surface area (Å²) in [4.78, 5) is 13.8. The van der Waals surface area contributed by atoms with E-state index >= 15 is 0 Å². The number of ether oxygens (including phenoxy) is 3. The fourth-order valence-electron chi connectivity index (χ4n) is 5.76. The van der Waals surface area contributed by atoms with Gasteiger partial charge in [0.2, 0.25) is 0 Å². The van der Waals surface area contributed by atoms with Gasteiger partial charge in [0.1, 0.15) is 24.0 Å². The quantitative estimate of drug-likeness (QED) is 0.489. The number of carboxylic acids is 1. The lowest BCUT2D eigenvalue weighted by Crippen LogP contribution is -2.52. The highest BCUT2D eigenvalue weighted by molar-refractivity contribution is 6.31. The van der Waals surface area contributed by atoms with Crippen LogP contribution in [0.2, 0.25) is 5.02 Å². The number of nitrogens with two attached hydrogens (primary N) is 1. The van der Waals surface area contributed by atoms with Crippen LogP contribution in [0.3, 0.4) is 0 Å². The molecule has 0 amide bonds. The van der Waals surface area contributed by atoms with Crippen molar-refractivity contribution in [2.45, 2.75) is 68.6 Å². The van der Waals surface area contributed by atoms with E-state index in [-0.39, 0.29) is 24.1 Å². The van der Waals surface area contributed by atoms with Gasteiger partial charge in [-0.25, -0.2) is 9.79 Å². The third-order valence-electron chi connectivity index (χ3n) is 7.87. The van der Waals surface area contributed by atoms with Crippen molar-refractivity contribution in [3.63, 3.8) is 0 Å². The van der Waals surface area contributed by atoms with Gasteiger partial charge in [-0.15, -0.1) is 0 Å². The standard InChI is InChI=1S/C26H26ClN3O3.C2HF3O2/c27-18-9-15(13-28)8-17(10-18)16-4-6-23-21(11-16)26(14-31-25(29)30-26)22-12-20(5-7-24(22)33-23)32-19-2-1-3-19;3-2(4,5)1(6)7/h4,6,8-11,19-20,22,24H,1-3,5,7,12,14H2,(H2,29,30);(H,6,7)/t20-,22-,24-,26+;/m0./s1. The van der Waals surface area contributed by atoms with Crippen LogP contribution in [-0.4, -0.2) is 48.2 Å². The number of amidine groups is 1. The van der Waals surface area contributed by atoms with Gasteiger partial charge in [0, 0.05) is 16.5 Å². The van der Waals surface area contributed by atoms with Crippen molar-refractivity contribution >= 4 is 23.6 Å². The van der Waals surface area contributed by atoms with Crippen molar-refractivity contribution in [2.75, 3.05) is 6.61 Å². The number of hydrogen-bond acceptors (Lipinski definition) is 7. The first-order valence-electron chi connectivity index (χ1n) is 12.9. The molecule has 2 aromatic rings. The number of halogens is 4. The molecule has 212 valence electrons. The molecule has 8 nitrogen and oxygen atoms in total. The zero-order chi connectivity index (χ0) is 28.7. The van der Waals surface area contributed by atoms with Gasteiger partial charge in [-0.1, -0.05) is 17.7 Å². The molecule has 0 unspecified atom stereocenters. The number of benzene rings is 2. The molecule has 6 rings (SSSR count). The maximum Gasteiger partial charge on any atom is 0.490 e. The van der Waals surface area contributed by atoms with Crippen LogP contribution in [0.15, 0.2) is 41.4 Å². The Morgan fingerprint density at radius 3 is 2.50 bits per heavy atom. The number of fused-ring (bicyclic) bond motifs is 4. The van der Waals surface area contributed by atoms with E-state index in [2.05, 4.69) is 12.1 Å². The highest BCUT2D eigenvalue weighted by Gasteiger charge is 2.56. The molecule has 2 aliphatic heterocycles. The van der Waals surface area contributed by atoms with Gasteiger partial charge in [0.15, 0.2) is 0 Å². The number of carbonyl (C=O) groups is 1. The molecule has 1 spiro atoms. The molecule has 0 radical (unpaired) electrons. The second-order valence-corrected chi connectivity index (χ2v) is 10.8. The van der Waals surface area contributed by atoms with Crippen molar-refractivity contribution in [2.24, 2.45) is 16.6 Å². The summed E-state index contributed by atoms with van der Waals surface area (Å²) in [5, 5.41) is 17.0. The van der Waals surface area contributed by atoms with Crippen LogP contribution >= 0.6 is 11.6 Å². The minimum Gasteiger partial charge on any atom is -0.490 e. The normalized spacial score (nSPS) is 27.0. The molecule has 0 saturated heterocycles. The van der Waals surface area contributed by atoms with Crippen LogP contribution in [0.1, 0.15) is 49.7 Å². The van der Waals surface area contributed by atoms with E-state index in [1.54, 1.807) is 6.07 Å². The summed E-state index contributed by atoms with van der Waals surface area (Å²) in [5.74, 6) is -1.82. The monoisotopic (exact) mass is 577 g/mol. The molecule has 2 aromatic carbocycles. The molecule has 2 saturated carbocycles. The summed E-state index contributed by atoms with van der Waals surface area (Å²) in [6, 6.07) is 13.9. The predicted molar refractivity (Wildman–Crippen MR) is 139 cm³/mol. The number of carboxylic acid groups (broad SMARTS) is 1. The Balaban J connectivity index is 0.000000411. The van der Waals surface area contributed by atoms with Gasteiger partial charge >= 0.3 is 12.1 Å². The SMILES string of the molecule is N#Cc1cc(Cl)cc(-c2ccc3c(c2)[C@]2(COC(N)=N2)[C@H]2C[C@@H](OC4CCC4)CC[C@@H]2O3)c1.O=C(O)C(F)(F)F. The van der Waals surface area contributed by atoms with Crippen LogP contribution in [-0.2, 0) is 19.8 Å². The smallest absolute Gasteiger partial charge is 0.490 e. The Bertz CT molecular complexity index is 1370. The van der Waals surface area contributed by atoms with E-state index in [1.165, 1.54) is 6.42 Å². The van der Waals surface area contributed by atoms with Crippen LogP contribution in [0.25, 0.3) is 11.1 Å². The molecule has 3 N–H and O–H groups in total. The largest absolute Gasteiger partial charge is 0.490 e. The maximum atomic E-state index is 10.6. The first-order chi connectivity index (χ1) is 19.0. The van der Waals surface area contributed by atoms with Crippen molar-refractivity contribution < 1.29 is 37.3 Å². The average molecular weight is 578 g/mol. The number of alkyl halides is 3. The Kier molecular flexibility index (Phi) is 7.59. The molecular formula is C28H27ClF3N3O5. The van der Waals surface area contributed by atoms with Crippen LogP contribution in [0, 0.1) is 17.2 Å². The topological polar surface area (TPSA) is 127 Å². The molecule has 2 fully saturated rings. The van der Waals surface area contributed by atoms with E-state index in [4.69, 9.17) is 46.4 Å². The fourth-order valence-corrected chi connectivity index (χ4v) is 5.99. The molecule has 2 aliphatic carbocycles. The minimum absolute atomic E-state index is 0.0548. The van der Waals surface area contributed by atoms with Gasteiger partial charge in [-0.05, 0) is 80.0 Å². The zero-order valence-corrected chi connectivity index (χ0v) is 22.0. The molecule has 4 atom stereocenters. The number of nitriles is 1. The second-order valence-electron chi connectivity index (χ2n) is 10.4. The van der Waals surface area contributed by atoms with Crippen LogP contribution < -0.4 is 10.5 Å². The molecule has 2 heterocycles. The molecule has 0 bridgehead atoms. The first kappa shape index (κ1) is 28.1. The fraction of sp³-hybridized carbons (Fsp3) is 0.464. The van der Waals surface area contributed by atoms with Crippen molar-refractivity contribution in [3.05, 3.63) is 52.5 Å². The van der Waals surface area contributed by atoms with Gasteiger partial charge in [0.05, 0.1) is 23.8 Å². The number of aliphatic imine (C=N–C) groups is 1. The lowest BCUT2D eigenvalue weighted by atomic mass is 9.67. The number of rotatable bonds is 3. The van der Waals surface area contributed by atoms with E-state index in [9.17, 15) is 18.4 Å². The summed E-state index contributed by atoms with van der Waals surface area (Å²) in [6.07, 6.45) is 1.98. The zero-order valence-electron chi connectivity index (χ0n) is 21.3. The van der Waals surface area contributed by atoms with E-state index in [0.29, 0.717) is 23.3 Å². The van der Waals surface area contributed by atoms with Gasteiger partial charge in [0.25, 0.3) is 6.02 Å². The van der Waals surface area contributed by atoms with Gasteiger partial charge in [-0.2, -0.15) is 18.4 Å². The molecule has 4 aliphatic rings. The summed E-state index contributed by atoms with van der Waals surface area (Å²) >= 11 is 6.28. The first-order valence-corrected chi connectivity index (χ1v) is 13.3. The number of nitrogens with zero attached hydrogens (tertiary/aromatic N) is 2. The number of hydrogen-bond donors (Lipinski definition) is 2. The Morgan fingerprint density at radius 1 is 1.15 bits per heavy atom. The average Bonchev–Trinajstić information content (AvgIpc) is 3.28. The Labute approximate surface area is 233 Å². The Hall–Kier alpha value is -3.49. The second kappa shape index (κ2) is 10.8. The minimum atomic E-state index is -5.08. The highest BCUT2D eigenvalue weighted by atomic mass is 35.5. The van der Waals surface area contributed by atoms with Crippen LogP contribution in [0.5, 0.6) is 5.75 Å². The van der Waals surface area contributed by atoms with Crippen LogP contribution in [0.4, 0.5) is 13.2 Å². The molecule has 12 heteroatoms. The van der Waals surface area contributed by atoms with Crippen molar-refractivity contribution in [1.82, 2.24) is 0 Å². The van der Waals surface area contributed by atoms with Gasteiger partial charge in [-0.3, -0.25) is 0 Å². The number of aliphatic carboxylic acids is 1. The summed E-state index contributed by atoms with van der Waals surface area (Å²) in [5.41, 5.74) is 8.81. The van der Waals surface area contributed by atoms with E-state index in [0.717, 1.165) is 54.5 Å². The van der Waals surface area contributed by atoms with E-state index in [1.807, 2.05) is 24.3 Å². The highest BCUT2D eigenvalue weighted by Crippen LogP contribution is 2.53. The molecule has 40 heavy (non-hydrogen) atoms. The third-order valence-corrected chi connectivity index (χ3v) is 8.08. The maximum absolute atomic E-state index is 10.6. The lowest BCUT2D eigenvalue weighted by molar-refractivity contribution is -0.192. The summed E-state index contributed by atoms with van der Waals surface area (Å²) in [6.45, 7) is 0.398.